The second kappa shape index (κ2) is 7.12. The Hall–Kier alpha value is -1.90. The highest BCUT2D eigenvalue weighted by atomic mass is 35.5. The number of hydrogen-bond donors (Lipinski definition) is 0. The van der Waals surface area contributed by atoms with Gasteiger partial charge in [0.15, 0.2) is 0 Å². The van der Waals surface area contributed by atoms with Gasteiger partial charge >= 0.3 is 6.03 Å². The average Bonchev–Trinajstić information content (AvgIpc) is 2.45. The summed E-state index contributed by atoms with van der Waals surface area (Å²) in [6.07, 6.45) is 0.787. The van der Waals surface area contributed by atoms with Crippen LogP contribution in [-0.4, -0.2) is 22.5 Å². The van der Waals surface area contributed by atoms with Crippen molar-refractivity contribution in [2.75, 3.05) is 0 Å². The summed E-state index contributed by atoms with van der Waals surface area (Å²) >= 11 is 12.1. The van der Waals surface area contributed by atoms with E-state index < -0.39 is 18.0 Å². The number of hydrogen-bond acceptors (Lipinski definition) is 3. The van der Waals surface area contributed by atoms with Gasteiger partial charge in [0.2, 0.25) is 5.91 Å². The molecule has 5 nitrogen and oxygen atoms in total. The number of halogens is 2. The molecule has 7 heteroatoms. The summed E-state index contributed by atoms with van der Waals surface area (Å²) in [6.45, 7) is 3.44. The van der Waals surface area contributed by atoms with E-state index in [9.17, 15) is 14.9 Å². The van der Waals surface area contributed by atoms with Crippen molar-refractivity contribution < 1.29 is 9.59 Å². The van der Waals surface area contributed by atoms with Crippen LogP contribution >= 0.6 is 23.2 Å². The summed E-state index contributed by atoms with van der Waals surface area (Å²) in [6, 6.07) is 5.47. The van der Waals surface area contributed by atoms with Crippen LogP contribution in [-0.2, 0) is 4.79 Å². The lowest BCUT2D eigenvalue weighted by Gasteiger charge is -2.35. The SMILES string of the molecule is CCCC(=O)N1C(=O)N=C(C)C(C#N)C1c1cc(Cl)cc(Cl)c1. The van der Waals surface area contributed by atoms with Gasteiger partial charge in [-0.25, -0.2) is 9.79 Å². The van der Waals surface area contributed by atoms with E-state index >= 15 is 0 Å². The lowest BCUT2D eigenvalue weighted by molar-refractivity contribution is -0.130. The number of carbonyl (C=O) groups excluding carboxylic acids is 2. The Morgan fingerprint density at radius 1 is 1.35 bits per heavy atom. The van der Waals surface area contributed by atoms with Gasteiger partial charge in [-0.05, 0) is 37.1 Å². The molecule has 0 radical (unpaired) electrons. The third-order valence-electron chi connectivity index (χ3n) is 3.62. The van der Waals surface area contributed by atoms with Gasteiger partial charge in [-0.15, -0.1) is 0 Å². The fourth-order valence-electron chi connectivity index (χ4n) is 2.62. The molecule has 1 aliphatic heterocycles. The van der Waals surface area contributed by atoms with Crippen molar-refractivity contribution in [2.24, 2.45) is 10.9 Å². The minimum Gasteiger partial charge on any atom is -0.274 e. The first-order valence-electron chi connectivity index (χ1n) is 7.15. The molecule has 1 aromatic rings. The highest BCUT2D eigenvalue weighted by molar-refractivity contribution is 6.34. The number of rotatable bonds is 3. The Morgan fingerprint density at radius 3 is 2.48 bits per heavy atom. The maximum Gasteiger partial charge on any atom is 0.350 e. The van der Waals surface area contributed by atoms with E-state index in [1.165, 1.54) is 0 Å². The van der Waals surface area contributed by atoms with Crippen molar-refractivity contribution in [3.05, 3.63) is 33.8 Å². The number of nitrogens with zero attached hydrogens (tertiary/aromatic N) is 3. The number of carbonyl (C=O) groups is 2. The summed E-state index contributed by atoms with van der Waals surface area (Å²) in [5.74, 6) is -1.10. The van der Waals surface area contributed by atoms with Crippen LogP contribution < -0.4 is 0 Å². The van der Waals surface area contributed by atoms with Crippen molar-refractivity contribution in [3.8, 4) is 6.07 Å². The molecule has 0 fully saturated rings. The smallest absolute Gasteiger partial charge is 0.274 e. The van der Waals surface area contributed by atoms with Gasteiger partial charge in [0.1, 0.15) is 5.92 Å². The van der Waals surface area contributed by atoms with Gasteiger partial charge in [-0.2, -0.15) is 5.26 Å². The van der Waals surface area contributed by atoms with Gasteiger partial charge in [-0.1, -0.05) is 30.1 Å². The summed E-state index contributed by atoms with van der Waals surface area (Å²) in [5, 5.41) is 10.3. The van der Waals surface area contributed by atoms with Crippen LogP contribution in [0.1, 0.15) is 38.3 Å². The normalized spacial score (nSPS) is 20.9. The number of benzene rings is 1. The van der Waals surface area contributed by atoms with Gasteiger partial charge in [0.25, 0.3) is 0 Å². The lowest BCUT2D eigenvalue weighted by Crippen LogP contribution is -2.46. The molecule has 1 aromatic carbocycles. The molecule has 1 aliphatic rings. The molecule has 1 heterocycles. The molecule has 0 bridgehead atoms. The molecular weight excluding hydrogens is 337 g/mol. The monoisotopic (exact) mass is 351 g/mol. The number of aliphatic imine (C=N–C) groups is 1. The van der Waals surface area contributed by atoms with E-state index in [1.54, 1.807) is 25.1 Å². The Labute approximate surface area is 144 Å². The fourth-order valence-corrected chi connectivity index (χ4v) is 3.16. The maximum absolute atomic E-state index is 12.4. The van der Waals surface area contributed by atoms with Gasteiger partial charge in [0.05, 0.1) is 12.1 Å². The highest BCUT2D eigenvalue weighted by Crippen LogP contribution is 2.36. The standard InChI is InChI=1S/C16H15Cl2N3O2/c1-3-4-14(22)21-15(10-5-11(17)7-12(18)6-10)13(8-19)9(2)20-16(21)23/h5-7,13,15H,3-4H2,1-2H3. The zero-order chi connectivity index (χ0) is 17.1. The summed E-state index contributed by atoms with van der Waals surface area (Å²) < 4.78 is 0. The largest absolute Gasteiger partial charge is 0.350 e. The first-order valence-corrected chi connectivity index (χ1v) is 7.91. The molecule has 0 saturated carbocycles. The van der Waals surface area contributed by atoms with Gasteiger partial charge < -0.3 is 0 Å². The van der Waals surface area contributed by atoms with Crippen molar-refractivity contribution in [2.45, 2.75) is 32.7 Å². The average molecular weight is 352 g/mol. The van der Waals surface area contributed by atoms with Gasteiger partial charge in [0, 0.05) is 22.2 Å². The quantitative estimate of drug-likeness (QED) is 0.809. The van der Waals surface area contributed by atoms with Crippen LogP contribution in [0.15, 0.2) is 23.2 Å². The Bertz CT molecular complexity index is 704. The highest BCUT2D eigenvalue weighted by Gasteiger charge is 2.41. The molecule has 120 valence electrons. The molecular formula is C16H15Cl2N3O2. The van der Waals surface area contributed by atoms with Crippen LogP contribution in [0.5, 0.6) is 0 Å². The summed E-state index contributed by atoms with van der Waals surface area (Å²) in [7, 11) is 0. The zero-order valence-corrected chi connectivity index (χ0v) is 14.2. The van der Waals surface area contributed by atoms with Crippen LogP contribution in [0.3, 0.4) is 0 Å². The minimum atomic E-state index is -0.778. The third kappa shape index (κ3) is 3.54. The lowest BCUT2D eigenvalue weighted by atomic mass is 9.87. The van der Waals surface area contributed by atoms with E-state index in [0.29, 0.717) is 27.7 Å². The summed E-state index contributed by atoms with van der Waals surface area (Å²) in [5.41, 5.74) is 0.917. The van der Waals surface area contributed by atoms with E-state index in [4.69, 9.17) is 23.2 Å². The second-order valence-corrected chi connectivity index (χ2v) is 6.18. The Balaban J connectivity index is 2.60. The first-order chi connectivity index (χ1) is 10.9. The molecule has 23 heavy (non-hydrogen) atoms. The predicted molar refractivity (Wildman–Crippen MR) is 88.6 cm³/mol. The first kappa shape index (κ1) is 17.5. The van der Waals surface area contributed by atoms with Crippen molar-refractivity contribution in [1.82, 2.24) is 4.90 Å². The van der Waals surface area contributed by atoms with E-state index in [-0.39, 0.29) is 12.3 Å². The topological polar surface area (TPSA) is 73.5 Å². The fraction of sp³-hybridized carbons (Fsp3) is 0.375. The van der Waals surface area contributed by atoms with Crippen molar-refractivity contribution >= 4 is 40.9 Å². The molecule has 2 atom stereocenters. The maximum atomic E-state index is 12.4. The van der Waals surface area contributed by atoms with Gasteiger partial charge in [-0.3, -0.25) is 9.69 Å². The van der Waals surface area contributed by atoms with E-state index in [1.807, 2.05) is 6.92 Å². The Kier molecular flexibility index (Phi) is 5.40. The Morgan fingerprint density at radius 2 is 1.96 bits per heavy atom. The van der Waals surface area contributed by atoms with Crippen LogP contribution in [0.4, 0.5) is 4.79 Å². The number of amides is 3. The van der Waals surface area contributed by atoms with Crippen molar-refractivity contribution in [3.63, 3.8) is 0 Å². The summed E-state index contributed by atoms with van der Waals surface area (Å²) in [4.78, 5) is 29.6. The number of imide groups is 1. The third-order valence-corrected chi connectivity index (χ3v) is 4.06. The molecule has 2 rings (SSSR count). The molecule has 0 aliphatic carbocycles. The molecule has 3 amide bonds. The molecule has 2 unspecified atom stereocenters. The number of nitriles is 1. The van der Waals surface area contributed by atoms with Crippen LogP contribution in [0.25, 0.3) is 0 Å². The molecule has 0 saturated heterocycles. The number of urea groups is 1. The second-order valence-electron chi connectivity index (χ2n) is 5.30. The van der Waals surface area contributed by atoms with Crippen LogP contribution in [0.2, 0.25) is 10.0 Å². The predicted octanol–water partition coefficient (Wildman–Crippen LogP) is 4.40. The minimum absolute atomic E-state index is 0.198. The molecule has 0 aromatic heterocycles. The zero-order valence-electron chi connectivity index (χ0n) is 12.7. The van der Waals surface area contributed by atoms with E-state index in [0.717, 1.165) is 4.90 Å². The molecule has 0 spiro atoms. The van der Waals surface area contributed by atoms with Crippen molar-refractivity contribution in [1.29, 1.82) is 5.26 Å². The van der Waals surface area contributed by atoms with E-state index in [2.05, 4.69) is 11.1 Å². The molecule has 0 N–H and O–H groups in total. The van der Waals surface area contributed by atoms with Crippen LogP contribution in [0, 0.1) is 17.2 Å².